The molecule has 21 heavy (non-hydrogen) atoms. The number of carboxylic acids is 1. The van der Waals surface area contributed by atoms with Gasteiger partial charge in [-0.1, -0.05) is 12.1 Å². The summed E-state index contributed by atoms with van der Waals surface area (Å²) in [6.45, 7) is 0. The zero-order valence-corrected chi connectivity index (χ0v) is 11.6. The molecule has 1 aromatic heterocycles. The number of hydrogen-bond acceptors (Lipinski definition) is 5. The summed E-state index contributed by atoms with van der Waals surface area (Å²) < 4.78 is 5.45. The molecule has 1 atom stereocenters. The number of carbonyl (C=O) groups is 2. The first-order chi connectivity index (χ1) is 10.1. The van der Waals surface area contributed by atoms with E-state index < -0.39 is 17.9 Å². The van der Waals surface area contributed by atoms with Gasteiger partial charge in [-0.2, -0.15) is 0 Å². The molecule has 1 aromatic carbocycles. The van der Waals surface area contributed by atoms with Gasteiger partial charge in [0, 0.05) is 11.8 Å². The van der Waals surface area contributed by atoms with Crippen molar-refractivity contribution >= 4 is 34.6 Å². The lowest BCUT2D eigenvalue weighted by Crippen LogP contribution is -2.41. The Morgan fingerprint density at radius 2 is 2.10 bits per heavy atom. The van der Waals surface area contributed by atoms with E-state index in [0.29, 0.717) is 16.7 Å². The molecule has 1 aliphatic heterocycles. The third-order valence-corrected chi connectivity index (χ3v) is 4.29. The molecule has 6 nitrogen and oxygen atoms in total. The molecule has 2 heterocycles. The van der Waals surface area contributed by atoms with E-state index in [2.05, 4.69) is 0 Å². The van der Waals surface area contributed by atoms with Crippen molar-refractivity contribution in [3.63, 3.8) is 0 Å². The van der Waals surface area contributed by atoms with E-state index in [1.165, 1.54) is 16.7 Å². The number of amides is 1. The smallest absolute Gasteiger partial charge is 0.327 e. The number of aliphatic carboxylic acids is 1. The Labute approximate surface area is 123 Å². The van der Waals surface area contributed by atoms with Gasteiger partial charge in [0.15, 0.2) is 11.2 Å². The van der Waals surface area contributed by atoms with Gasteiger partial charge in [-0.25, -0.2) is 4.79 Å². The van der Waals surface area contributed by atoms with E-state index in [1.807, 2.05) is 0 Å². The van der Waals surface area contributed by atoms with Gasteiger partial charge < -0.3 is 14.4 Å². The highest BCUT2D eigenvalue weighted by atomic mass is 32.2. The monoisotopic (exact) mass is 305 g/mol. The molecule has 108 valence electrons. The Morgan fingerprint density at radius 1 is 1.33 bits per heavy atom. The van der Waals surface area contributed by atoms with Gasteiger partial charge in [0.2, 0.25) is 0 Å². The Kier molecular flexibility index (Phi) is 3.42. The molecule has 0 aliphatic carbocycles. The highest BCUT2D eigenvalue weighted by molar-refractivity contribution is 7.99. The SMILES string of the molecule is O=C(O)C1CSCN1C(=O)c1cc(=O)c2ccccc2o1. The second-order valence-corrected chi connectivity index (χ2v) is 5.60. The predicted octanol–water partition coefficient (Wildman–Crippen LogP) is 1.39. The first-order valence-corrected chi connectivity index (χ1v) is 7.38. The number of fused-ring (bicyclic) bond motifs is 1. The number of hydrogen-bond donors (Lipinski definition) is 1. The van der Waals surface area contributed by atoms with Crippen LogP contribution in [-0.4, -0.2) is 39.6 Å². The summed E-state index contributed by atoms with van der Waals surface area (Å²) in [5, 5.41) is 9.49. The summed E-state index contributed by atoms with van der Waals surface area (Å²) in [5.74, 6) is -1.16. The zero-order valence-electron chi connectivity index (χ0n) is 10.8. The van der Waals surface area contributed by atoms with Crippen molar-refractivity contribution < 1.29 is 19.1 Å². The molecule has 0 radical (unpaired) electrons. The van der Waals surface area contributed by atoms with E-state index in [0.717, 1.165) is 6.07 Å². The van der Waals surface area contributed by atoms with Crippen LogP contribution in [0.15, 0.2) is 39.5 Å². The van der Waals surface area contributed by atoms with Crippen LogP contribution >= 0.6 is 11.8 Å². The molecule has 1 aliphatic rings. The van der Waals surface area contributed by atoms with Crippen LogP contribution in [0.3, 0.4) is 0 Å². The summed E-state index contributed by atoms with van der Waals surface area (Å²) in [6, 6.07) is 6.84. The van der Waals surface area contributed by atoms with Crippen LogP contribution < -0.4 is 5.43 Å². The predicted molar refractivity (Wildman–Crippen MR) is 77.4 cm³/mol. The van der Waals surface area contributed by atoms with Crippen LogP contribution in [0.4, 0.5) is 0 Å². The minimum absolute atomic E-state index is 0.132. The molecule has 0 saturated carbocycles. The summed E-state index contributed by atoms with van der Waals surface area (Å²) in [5.41, 5.74) is -0.00833. The van der Waals surface area contributed by atoms with E-state index in [-0.39, 0.29) is 17.1 Å². The van der Waals surface area contributed by atoms with Gasteiger partial charge in [0.25, 0.3) is 5.91 Å². The summed E-state index contributed by atoms with van der Waals surface area (Å²) in [4.78, 5) is 36.7. The normalized spacial score (nSPS) is 18.1. The van der Waals surface area contributed by atoms with E-state index in [1.54, 1.807) is 24.3 Å². The van der Waals surface area contributed by atoms with Crippen LogP contribution in [0.1, 0.15) is 10.6 Å². The lowest BCUT2D eigenvalue weighted by Gasteiger charge is -2.19. The number of carboxylic acid groups (broad SMARTS) is 1. The Hall–Kier alpha value is -2.28. The number of benzene rings is 1. The molecule has 7 heteroatoms. The lowest BCUT2D eigenvalue weighted by atomic mass is 10.2. The van der Waals surface area contributed by atoms with Crippen molar-refractivity contribution in [1.29, 1.82) is 0 Å². The third-order valence-electron chi connectivity index (χ3n) is 3.27. The molecule has 0 bridgehead atoms. The molecule has 0 spiro atoms. The van der Waals surface area contributed by atoms with Gasteiger partial charge in [-0.05, 0) is 12.1 Å². The van der Waals surface area contributed by atoms with Crippen molar-refractivity contribution in [3.8, 4) is 0 Å². The number of thioether (sulfide) groups is 1. The number of para-hydroxylation sites is 1. The first-order valence-electron chi connectivity index (χ1n) is 6.22. The van der Waals surface area contributed by atoms with Gasteiger partial charge in [0.1, 0.15) is 11.6 Å². The largest absolute Gasteiger partial charge is 0.480 e. The van der Waals surface area contributed by atoms with Crippen LogP contribution in [0, 0.1) is 0 Å². The summed E-state index contributed by atoms with van der Waals surface area (Å²) >= 11 is 1.35. The fourth-order valence-corrected chi connectivity index (χ4v) is 3.34. The van der Waals surface area contributed by atoms with Crippen LogP contribution in [-0.2, 0) is 4.79 Å². The zero-order chi connectivity index (χ0) is 15.0. The van der Waals surface area contributed by atoms with Crippen LogP contribution in [0.5, 0.6) is 0 Å². The molecule has 3 rings (SSSR count). The molecule has 2 aromatic rings. The highest BCUT2D eigenvalue weighted by Crippen LogP contribution is 2.24. The average Bonchev–Trinajstić information content (AvgIpc) is 2.96. The van der Waals surface area contributed by atoms with E-state index >= 15 is 0 Å². The molecule has 1 saturated heterocycles. The number of rotatable bonds is 2. The molecule has 1 unspecified atom stereocenters. The molecular formula is C14H11NO5S. The molecule has 1 amide bonds. The maximum atomic E-state index is 12.4. The van der Waals surface area contributed by atoms with Crippen LogP contribution in [0.25, 0.3) is 11.0 Å². The quantitative estimate of drug-likeness (QED) is 0.902. The van der Waals surface area contributed by atoms with Gasteiger partial charge in [0.05, 0.1) is 11.3 Å². The average molecular weight is 305 g/mol. The van der Waals surface area contributed by atoms with Gasteiger partial charge in [-0.3, -0.25) is 9.59 Å². The van der Waals surface area contributed by atoms with E-state index in [4.69, 9.17) is 9.52 Å². The van der Waals surface area contributed by atoms with Crippen molar-refractivity contribution in [2.24, 2.45) is 0 Å². The Bertz CT molecular complexity index is 784. The highest BCUT2D eigenvalue weighted by Gasteiger charge is 2.36. The van der Waals surface area contributed by atoms with Crippen molar-refractivity contribution in [2.45, 2.75) is 6.04 Å². The fraction of sp³-hybridized carbons (Fsp3) is 0.214. The Balaban J connectivity index is 2.02. The Morgan fingerprint density at radius 3 is 2.86 bits per heavy atom. The standard InChI is InChI=1S/C14H11NO5S/c16-10-5-12(20-11-4-2-1-3-8(10)11)13(17)15-7-21-6-9(15)14(18)19/h1-5,9H,6-7H2,(H,18,19). The van der Waals surface area contributed by atoms with Crippen molar-refractivity contribution in [3.05, 3.63) is 46.3 Å². The third kappa shape index (κ3) is 2.40. The second kappa shape index (κ2) is 5.25. The van der Waals surface area contributed by atoms with Gasteiger partial charge >= 0.3 is 5.97 Å². The fourth-order valence-electron chi connectivity index (χ4n) is 2.20. The lowest BCUT2D eigenvalue weighted by molar-refractivity contribution is -0.140. The van der Waals surface area contributed by atoms with Crippen molar-refractivity contribution in [1.82, 2.24) is 4.90 Å². The topological polar surface area (TPSA) is 87.8 Å². The van der Waals surface area contributed by atoms with E-state index in [9.17, 15) is 14.4 Å². The molecular weight excluding hydrogens is 294 g/mol. The van der Waals surface area contributed by atoms with Gasteiger partial charge in [-0.15, -0.1) is 11.8 Å². The minimum Gasteiger partial charge on any atom is -0.480 e. The summed E-state index contributed by atoms with van der Waals surface area (Å²) in [6.07, 6.45) is 0. The minimum atomic E-state index is -1.06. The number of carbonyl (C=O) groups excluding carboxylic acids is 1. The molecule has 1 N–H and O–H groups in total. The first kappa shape index (κ1) is 13.7. The second-order valence-electron chi connectivity index (χ2n) is 4.60. The summed E-state index contributed by atoms with van der Waals surface area (Å²) in [7, 11) is 0. The van der Waals surface area contributed by atoms with Crippen molar-refractivity contribution in [2.75, 3.05) is 11.6 Å². The van der Waals surface area contributed by atoms with Crippen LogP contribution in [0.2, 0.25) is 0 Å². The maximum Gasteiger partial charge on any atom is 0.327 e. The molecule has 1 fully saturated rings. The number of nitrogens with zero attached hydrogens (tertiary/aromatic N) is 1. The maximum absolute atomic E-state index is 12.4.